The topological polar surface area (TPSA) is 25.2 Å². The van der Waals surface area contributed by atoms with E-state index < -0.39 is 11.6 Å². The number of nitrogens with one attached hydrogen (secondary N) is 1. The highest BCUT2D eigenvalue weighted by Crippen LogP contribution is 2.32. The van der Waals surface area contributed by atoms with E-state index in [0.29, 0.717) is 9.86 Å². The fourth-order valence-electron chi connectivity index (χ4n) is 1.88. The third-order valence-electron chi connectivity index (χ3n) is 2.77. The molecule has 2 nitrogen and oxygen atoms in total. The third-order valence-corrected chi connectivity index (χ3v) is 3.39. The monoisotopic (exact) mass is 317 g/mol. The summed E-state index contributed by atoms with van der Waals surface area (Å²) in [5.41, 5.74) is 0.853. The van der Waals surface area contributed by atoms with E-state index in [2.05, 4.69) is 28.2 Å². The number of hydrogen-bond acceptors (Lipinski definition) is 2. The highest BCUT2D eigenvalue weighted by atomic mass is 79.9. The molecular formula is C13H14BrF2NO. The van der Waals surface area contributed by atoms with Gasteiger partial charge in [-0.3, -0.25) is 0 Å². The van der Waals surface area contributed by atoms with E-state index in [0.717, 1.165) is 37.6 Å². The molecule has 0 aliphatic rings. The van der Waals surface area contributed by atoms with Crippen LogP contribution in [0.25, 0.3) is 11.0 Å². The van der Waals surface area contributed by atoms with E-state index in [1.807, 2.05) is 0 Å². The first-order chi connectivity index (χ1) is 8.65. The van der Waals surface area contributed by atoms with Crippen LogP contribution >= 0.6 is 15.9 Å². The maximum atomic E-state index is 13.5. The molecule has 1 N–H and O–H groups in total. The van der Waals surface area contributed by atoms with Crippen LogP contribution < -0.4 is 5.32 Å². The number of fused-ring (bicyclic) bond motifs is 1. The van der Waals surface area contributed by atoms with E-state index in [4.69, 9.17) is 4.42 Å². The fraction of sp³-hybridized carbons (Fsp3) is 0.385. The lowest BCUT2D eigenvalue weighted by Gasteiger charge is -2.03. The molecule has 98 valence electrons. The molecule has 0 spiro atoms. The van der Waals surface area contributed by atoms with Gasteiger partial charge in [-0.1, -0.05) is 6.92 Å². The average molecular weight is 318 g/mol. The second-order valence-corrected chi connectivity index (χ2v) is 4.97. The van der Waals surface area contributed by atoms with Gasteiger partial charge in [0.05, 0.1) is 6.26 Å². The Morgan fingerprint density at radius 2 is 2.11 bits per heavy atom. The fourth-order valence-corrected chi connectivity index (χ4v) is 2.52. The normalized spacial score (nSPS) is 11.3. The summed E-state index contributed by atoms with van der Waals surface area (Å²) < 4.78 is 32.4. The van der Waals surface area contributed by atoms with Crippen molar-refractivity contribution in [2.45, 2.75) is 19.8 Å². The van der Waals surface area contributed by atoms with Gasteiger partial charge < -0.3 is 9.73 Å². The summed E-state index contributed by atoms with van der Waals surface area (Å²) in [5.74, 6) is -1.83. The minimum atomic E-state index is -0.930. The van der Waals surface area contributed by atoms with Crippen molar-refractivity contribution in [3.05, 3.63) is 34.0 Å². The summed E-state index contributed by atoms with van der Waals surface area (Å²) >= 11 is 3.25. The van der Waals surface area contributed by atoms with Gasteiger partial charge >= 0.3 is 0 Å². The molecule has 2 aromatic rings. The molecule has 0 aliphatic carbocycles. The molecule has 0 aliphatic heterocycles. The zero-order valence-corrected chi connectivity index (χ0v) is 11.6. The summed E-state index contributed by atoms with van der Waals surface area (Å²) in [7, 11) is 0. The van der Waals surface area contributed by atoms with Crippen LogP contribution in [0.15, 0.2) is 21.2 Å². The first-order valence-corrected chi connectivity index (χ1v) is 6.68. The first-order valence-electron chi connectivity index (χ1n) is 5.89. The predicted octanol–water partition coefficient (Wildman–Crippen LogP) is 4.02. The Hall–Kier alpha value is -0.940. The first kappa shape index (κ1) is 13.5. The number of halogens is 3. The summed E-state index contributed by atoms with van der Waals surface area (Å²) in [6, 6.07) is 1.14. The zero-order chi connectivity index (χ0) is 13.1. The molecule has 0 amide bonds. The van der Waals surface area contributed by atoms with Crippen LogP contribution in [-0.4, -0.2) is 13.1 Å². The molecule has 18 heavy (non-hydrogen) atoms. The van der Waals surface area contributed by atoms with Gasteiger partial charge in [0, 0.05) is 15.4 Å². The van der Waals surface area contributed by atoms with Crippen molar-refractivity contribution >= 4 is 26.9 Å². The Kier molecular flexibility index (Phi) is 4.35. The Bertz CT molecular complexity index is 553. The number of rotatable bonds is 5. The van der Waals surface area contributed by atoms with Crippen LogP contribution in [0, 0.1) is 11.6 Å². The van der Waals surface area contributed by atoms with Crippen LogP contribution in [0.2, 0.25) is 0 Å². The molecule has 1 heterocycles. The Balaban J connectivity index is 2.27. The second kappa shape index (κ2) is 5.80. The smallest absolute Gasteiger partial charge is 0.201 e. The van der Waals surface area contributed by atoms with Gasteiger partial charge in [-0.15, -0.1) is 0 Å². The Morgan fingerprint density at radius 1 is 1.33 bits per heavy atom. The minimum absolute atomic E-state index is 0.0210. The Morgan fingerprint density at radius 3 is 2.83 bits per heavy atom. The summed E-state index contributed by atoms with van der Waals surface area (Å²) in [4.78, 5) is 0. The third kappa shape index (κ3) is 2.57. The van der Waals surface area contributed by atoms with Crippen LogP contribution in [0.4, 0.5) is 8.78 Å². The summed E-state index contributed by atoms with van der Waals surface area (Å²) in [6.07, 6.45) is 3.28. The van der Waals surface area contributed by atoms with Crippen molar-refractivity contribution in [2.75, 3.05) is 13.1 Å². The molecule has 0 bridgehead atoms. The van der Waals surface area contributed by atoms with Gasteiger partial charge in [0.15, 0.2) is 11.4 Å². The predicted molar refractivity (Wildman–Crippen MR) is 70.7 cm³/mol. The van der Waals surface area contributed by atoms with Crippen molar-refractivity contribution in [3.8, 4) is 0 Å². The van der Waals surface area contributed by atoms with Crippen molar-refractivity contribution in [2.24, 2.45) is 0 Å². The zero-order valence-electron chi connectivity index (χ0n) is 10.0. The molecular weight excluding hydrogens is 304 g/mol. The molecule has 0 radical (unpaired) electrons. The van der Waals surface area contributed by atoms with Crippen LogP contribution in [0.1, 0.15) is 18.9 Å². The summed E-state index contributed by atoms with van der Waals surface area (Å²) in [5, 5.41) is 3.88. The van der Waals surface area contributed by atoms with E-state index in [9.17, 15) is 8.78 Å². The lowest BCUT2D eigenvalue weighted by atomic mass is 10.1. The van der Waals surface area contributed by atoms with E-state index in [-0.39, 0.29) is 5.58 Å². The molecule has 0 unspecified atom stereocenters. The van der Waals surface area contributed by atoms with E-state index in [1.54, 1.807) is 0 Å². The molecule has 0 atom stereocenters. The molecule has 1 aromatic carbocycles. The highest BCUT2D eigenvalue weighted by molar-refractivity contribution is 9.10. The average Bonchev–Trinajstić information content (AvgIpc) is 2.76. The van der Waals surface area contributed by atoms with Gasteiger partial charge in [0.25, 0.3) is 0 Å². The van der Waals surface area contributed by atoms with Gasteiger partial charge in [-0.2, -0.15) is 4.39 Å². The number of benzene rings is 1. The van der Waals surface area contributed by atoms with Crippen LogP contribution in [-0.2, 0) is 6.42 Å². The number of furan rings is 1. The standard InChI is InChI=1S/C13H14BrF2NO/c1-2-4-17-5-3-8-7-18-13-11(8)9(14)6-10(15)12(13)16/h6-7,17H,2-5H2,1H3. The maximum Gasteiger partial charge on any atom is 0.201 e. The molecule has 5 heteroatoms. The van der Waals surface area contributed by atoms with E-state index in [1.165, 1.54) is 6.26 Å². The van der Waals surface area contributed by atoms with Gasteiger partial charge in [-0.25, -0.2) is 4.39 Å². The lowest BCUT2D eigenvalue weighted by Crippen LogP contribution is -2.17. The van der Waals surface area contributed by atoms with Crippen molar-refractivity contribution in [1.82, 2.24) is 5.32 Å². The van der Waals surface area contributed by atoms with Gasteiger partial charge in [0.2, 0.25) is 5.82 Å². The molecule has 0 fully saturated rings. The molecule has 1 aromatic heterocycles. The van der Waals surface area contributed by atoms with E-state index >= 15 is 0 Å². The van der Waals surface area contributed by atoms with Crippen LogP contribution in [0.5, 0.6) is 0 Å². The second-order valence-electron chi connectivity index (χ2n) is 4.12. The quantitative estimate of drug-likeness (QED) is 0.665. The maximum absolute atomic E-state index is 13.5. The van der Waals surface area contributed by atoms with Gasteiger partial charge in [-0.05, 0) is 47.9 Å². The summed E-state index contributed by atoms with van der Waals surface area (Å²) in [6.45, 7) is 3.82. The van der Waals surface area contributed by atoms with Crippen molar-refractivity contribution < 1.29 is 13.2 Å². The largest absolute Gasteiger partial charge is 0.461 e. The van der Waals surface area contributed by atoms with Gasteiger partial charge in [0.1, 0.15) is 0 Å². The SMILES string of the molecule is CCCNCCc1coc2c(F)c(F)cc(Br)c12. The highest BCUT2D eigenvalue weighted by Gasteiger charge is 2.17. The van der Waals surface area contributed by atoms with Crippen molar-refractivity contribution in [1.29, 1.82) is 0 Å². The minimum Gasteiger partial charge on any atom is -0.461 e. The van der Waals surface area contributed by atoms with Crippen molar-refractivity contribution in [3.63, 3.8) is 0 Å². The number of hydrogen-bond donors (Lipinski definition) is 1. The Labute approximate surface area is 112 Å². The lowest BCUT2D eigenvalue weighted by molar-refractivity contribution is 0.491. The van der Waals surface area contributed by atoms with Crippen LogP contribution in [0.3, 0.4) is 0 Å². The molecule has 0 saturated heterocycles. The molecule has 0 saturated carbocycles. The molecule has 2 rings (SSSR count).